The Hall–Kier alpha value is -3.27. The minimum absolute atomic E-state index is 0.100. The summed E-state index contributed by atoms with van der Waals surface area (Å²) in [5, 5.41) is 3.89. The molecule has 1 aliphatic carbocycles. The minimum atomic E-state index is -4.13. The van der Waals surface area contributed by atoms with Gasteiger partial charge < -0.3 is 4.74 Å². The topological polar surface area (TPSA) is 103 Å². The number of nitrogens with one attached hydrogen (secondary N) is 1. The SMILES string of the molecule is COc1cc(-c2cc(F)cc(C(C)C)c2CC(=O)NS(=O)(=O)c2ccn(C3CC3)n2)ccn1. The summed E-state index contributed by atoms with van der Waals surface area (Å²) in [5.74, 6) is -0.942. The summed E-state index contributed by atoms with van der Waals surface area (Å²) >= 11 is 0. The number of aromatic nitrogens is 3. The molecule has 0 spiro atoms. The number of halogens is 1. The average molecular weight is 473 g/mol. The zero-order valence-electron chi connectivity index (χ0n) is 18.6. The van der Waals surface area contributed by atoms with Gasteiger partial charge in [0, 0.05) is 18.5 Å². The molecule has 1 saturated carbocycles. The standard InChI is InChI=1S/C23H25FN4O4S/c1-14(2)18-11-16(24)12-19(15-6-8-25-22(10-15)32-3)20(18)13-21(29)27-33(30,31)23-7-9-28(26-23)17-4-5-17/h6-12,14,17H,4-5,13H2,1-3H3,(H,27,29). The Kier molecular flexibility index (Phi) is 6.20. The molecule has 2 heterocycles. The van der Waals surface area contributed by atoms with Crippen LogP contribution in [-0.2, 0) is 21.2 Å². The third-order valence-electron chi connectivity index (χ3n) is 5.49. The van der Waals surface area contributed by atoms with Gasteiger partial charge in [-0.3, -0.25) is 9.48 Å². The Morgan fingerprint density at radius 3 is 2.70 bits per heavy atom. The number of carbonyl (C=O) groups is 1. The number of hydrogen-bond acceptors (Lipinski definition) is 6. The van der Waals surface area contributed by atoms with Crippen molar-refractivity contribution in [1.29, 1.82) is 0 Å². The van der Waals surface area contributed by atoms with Gasteiger partial charge in [-0.15, -0.1) is 0 Å². The molecular weight excluding hydrogens is 447 g/mol. The van der Waals surface area contributed by atoms with Crippen molar-refractivity contribution in [2.45, 2.75) is 50.1 Å². The Morgan fingerprint density at radius 1 is 1.27 bits per heavy atom. The fourth-order valence-corrected chi connectivity index (χ4v) is 4.64. The maximum absolute atomic E-state index is 14.5. The molecule has 0 bridgehead atoms. The largest absolute Gasteiger partial charge is 0.481 e. The third kappa shape index (κ3) is 5.05. The van der Waals surface area contributed by atoms with Crippen LogP contribution in [0.5, 0.6) is 5.88 Å². The molecule has 10 heteroatoms. The fraction of sp³-hybridized carbons (Fsp3) is 0.348. The van der Waals surface area contributed by atoms with Crippen LogP contribution in [0.25, 0.3) is 11.1 Å². The number of sulfonamides is 1. The van der Waals surface area contributed by atoms with Crippen molar-refractivity contribution in [3.05, 3.63) is 59.7 Å². The maximum Gasteiger partial charge on any atom is 0.283 e. The van der Waals surface area contributed by atoms with E-state index in [4.69, 9.17) is 4.74 Å². The van der Waals surface area contributed by atoms with Gasteiger partial charge in [0.15, 0.2) is 5.03 Å². The zero-order chi connectivity index (χ0) is 23.8. The summed E-state index contributed by atoms with van der Waals surface area (Å²) in [6, 6.07) is 7.62. The van der Waals surface area contributed by atoms with Gasteiger partial charge in [0.1, 0.15) is 5.82 Å². The van der Waals surface area contributed by atoms with E-state index in [0.29, 0.717) is 28.1 Å². The predicted molar refractivity (Wildman–Crippen MR) is 120 cm³/mol. The number of benzene rings is 1. The second-order valence-electron chi connectivity index (χ2n) is 8.33. The zero-order valence-corrected chi connectivity index (χ0v) is 19.4. The van der Waals surface area contributed by atoms with E-state index >= 15 is 0 Å². The smallest absolute Gasteiger partial charge is 0.283 e. The lowest BCUT2D eigenvalue weighted by molar-refractivity contribution is -0.118. The van der Waals surface area contributed by atoms with Crippen molar-refractivity contribution >= 4 is 15.9 Å². The highest BCUT2D eigenvalue weighted by Gasteiger charge is 2.28. The molecule has 8 nitrogen and oxygen atoms in total. The molecular formula is C23H25FN4O4S. The molecule has 33 heavy (non-hydrogen) atoms. The van der Waals surface area contributed by atoms with E-state index in [1.807, 2.05) is 13.8 Å². The van der Waals surface area contributed by atoms with Crippen LogP contribution in [-0.4, -0.2) is 36.2 Å². The summed E-state index contributed by atoms with van der Waals surface area (Å²) in [4.78, 5) is 16.9. The molecule has 1 aromatic carbocycles. The van der Waals surface area contributed by atoms with Crippen molar-refractivity contribution in [2.75, 3.05) is 7.11 Å². The van der Waals surface area contributed by atoms with Crippen molar-refractivity contribution in [3.63, 3.8) is 0 Å². The van der Waals surface area contributed by atoms with E-state index < -0.39 is 21.7 Å². The lowest BCUT2D eigenvalue weighted by Gasteiger charge is -2.18. The summed E-state index contributed by atoms with van der Waals surface area (Å²) in [7, 11) is -2.66. The first-order valence-electron chi connectivity index (χ1n) is 10.6. The maximum atomic E-state index is 14.5. The number of methoxy groups -OCH3 is 1. The summed E-state index contributed by atoms with van der Waals surface area (Å²) < 4.78 is 48.8. The van der Waals surface area contributed by atoms with Gasteiger partial charge in [0.05, 0.1) is 19.6 Å². The molecule has 4 rings (SSSR count). The summed E-state index contributed by atoms with van der Waals surface area (Å²) in [5.41, 5.74) is 2.24. The van der Waals surface area contributed by atoms with Gasteiger partial charge in [0.2, 0.25) is 11.8 Å². The van der Waals surface area contributed by atoms with Crippen molar-refractivity contribution < 1.29 is 22.3 Å². The quantitative estimate of drug-likeness (QED) is 0.537. The average Bonchev–Trinajstić information content (AvgIpc) is 3.49. The highest BCUT2D eigenvalue weighted by atomic mass is 32.2. The van der Waals surface area contributed by atoms with E-state index in [1.54, 1.807) is 23.0 Å². The van der Waals surface area contributed by atoms with Gasteiger partial charge in [-0.1, -0.05) is 13.8 Å². The molecule has 2 aromatic heterocycles. The van der Waals surface area contributed by atoms with Crippen LogP contribution in [0.15, 0.2) is 47.8 Å². The summed E-state index contributed by atoms with van der Waals surface area (Å²) in [6.45, 7) is 3.77. The van der Waals surface area contributed by atoms with E-state index in [9.17, 15) is 17.6 Å². The van der Waals surface area contributed by atoms with E-state index in [-0.39, 0.29) is 23.4 Å². The van der Waals surface area contributed by atoms with Crippen LogP contribution in [0, 0.1) is 5.82 Å². The Balaban J connectivity index is 1.66. The van der Waals surface area contributed by atoms with Crippen LogP contribution in [0.3, 0.4) is 0 Å². The molecule has 1 N–H and O–H groups in total. The predicted octanol–water partition coefficient (Wildman–Crippen LogP) is 3.60. The van der Waals surface area contributed by atoms with Crippen LogP contribution >= 0.6 is 0 Å². The van der Waals surface area contributed by atoms with Gasteiger partial charge in [-0.25, -0.2) is 14.1 Å². The number of ether oxygens (including phenoxy) is 1. The number of pyridine rings is 1. The highest BCUT2D eigenvalue weighted by Crippen LogP contribution is 2.35. The molecule has 0 radical (unpaired) electrons. The van der Waals surface area contributed by atoms with Crippen molar-refractivity contribution in [2.24, 2.45) is 0 Å². The minimum Gasteiger partial charge on any atom is -0.481 e. The molecule has 1 amide bonds. The van der Waals surface area contributed by atoms with Crippen LogP contribution in [0.2, 0.25) is 0 Å². The third-order valence-corrected chi connectivity index (χ3v) is 6.76. The van der Waals surface area contributed by atoms with E-state index in [1.165, 1.54) is 31.5 Å². The van der Waals surface area contributed by atoms with E-state index in [0.717, 1.165) is 12.8 Å². The molecule has 1 fully saturated rings. The highest BCUT2D eigenvalue weighted by molar-refractivity contribution is 7.90. The van der Waals surface area contributed by atoms with Crippen LogP contribution in [0.4, 0.5) is 4.39 Å². The van der Waals surface area contributed by atoms with Crippen molar-refractivity contribution in [1.82, 2.24) is 19.5 Å². The van der Waals surface area contributed by atoms with Gasteiger partial charge in [-0.2, -0.15) is 13.5 Å². The van der Waals surface area contributed by atoms with Gasteiger partial charge >= 0.3 is 0 Å². The number of amides is 1. The Labute approximate surface area is 191 Å². The number of hydrogen-bond donors (Lipinski definition) is 1. The summed E-state index contributed by atoms with van der Waals surface area (Å²) in [6.07, 6.45) is 4.79. The molecule has 0 unspecified atom stereocenters. The number of nitrogens with zero attached hydrogens (tertiary/aromatic N) is 3. The second-order valence-corrected chi connectivity index (χ2v) is 9.96. The number of rotatable bonds is 8. The number of carbonyl (C=O) groups excluding carboxylic acids is 1. The molecule has 0 aliphatic heterocycles. The monoisotopic (exact) mass is 472 g/mol. The Morgan fingerprint density at radius 2 is 2.03 bits per heavy atom. The fourth-order valence-electron chi connectivity index (χ4n) is 3.72. The first kappa shape index (κ1) is 22.9. The Bertz CT molecular complexity index is 1300. The molecule has 0 saturated heterocycles. The second kappa shape index (κ2) is 8.93. The molecule has 3 aromatic rings. The first-order chi connectivity index (χ1) is 15.7. The lowest BCUT2D eigenvalue weighted by atomic mass is 9.88. The molecule has 1 aliphatic rings. The van der Waals surface area contributed by atoms with Gasteiger partial charge in [-0.05, 0) is 65.3 Å². The molecule has 174 valence electrons. The lowest BCUT2D eigenvalue weighted by Crippen LogP contribution is -2.32. The van der Waals surface area contributed by atoms with Crippen molar-refractivity contribution in [3.8, 4) is 17.0 Å². The first-order valence-corrected chi connectivity index (χ1v) is 12.1. The van der Waals surface area contributed by atoms with Crippen LogP contribution in [0.1, 0.15) is 49.8 Å². The molecule has 0 atom stereocenters. The van der Waals surface area contributed by atoms with Crippen LogP contribution < -0.4 is 9.46 Å². The van der Waals surface area contributed by atoms with E-state index in [2.05, 4.69) is 14.8 Å². The normalized spacial score (nSPS) is 13.8. The van der Waals surface area contributed by atoms with Gasteiger partial charge in [0.25, 0.3) is 10.0 Å².